The average molecular weight is 461 g/mol. The summed E-state index contributed by atoms with van der Waals surface area (Å²) in [6.07, 6.45) is 0. The van der Waals surface area contributed by atoms with Crippen LogP contribution in [0.1, 0.15) is 28.2 Å². The van der Waals surface area contributed by atoms with Gasteiger partial charge in [0.05, 0.1) is 31.6 Å². The second-order valence-electron chi connectivity index (χ2n) is 4.97. The number of pyridine rings is 1. The number of aromatic nitrogens is 2. The molecule has 0 aliphatic carbocycles. The van der Waals surface area contributed by atoms with Crippen LogP contribution >= 0.6 is 35.3 Å². The highest BCUT2D eigenvalue weighted by Crippen LogP contribution is 2.15. The highest BCUT2D eigenvalue weighted by Gasteiger charge is 2.05. The predicted octanol–water partition coefficient (Wildman–Crippen LogP) is 3.04. The smallest absolute Gasteiger partial charge is 0.213 e. The fourth-order valence-corrected chi connectivity index (χ4v) is 2.81. The van der Waals surface area contributed by atoms with Gasteiger partial charge >= 0.3 is 0 Å². The van der Waals surface area contributed by atoms with Crippen LogP contribution in [0.25, 0.3) is 0 Å². The summed E-state index contributed by atoms with van der Waals surface area (Å²) in [6, 6.07) is 5.67. The summed E-state index contributed by atoms with van der Waals surface area (Å²) < 4.78 is 5.13. The van der Waals surface area contributed by atoms with E-state index in [0.29, 0.717) is 19.0 Å². The van der Waals surface area contributed by atoms with E-state index in [4.69, 9.17) is 4.74 Å². The Morgan fingerprint density at radius 3 is 2.67 bits per heavy atom. The van der Waals surface area contributed by atoms with Gasteiger partial charge in [-0.15, -0.1) is 35.3 Å². The lowest BCUT2D eigenvalue weighted by Crippen LogP contribution is -2.36. The molecule has 0 radical (unpaired) electrons. The molecule has 0 saturated carbocycles. The Kier molecular flexibility index (Phi) is 8.98. The molecule has 0 fully saturated rings. The minimum atomic E-state index is 0. The standard InChI is InChI=1S/C16H23N5OS.HI/c1-5-17-16(19-10-15-20-11(2)12(3)23-15)18-9-13-7-6-8-14(21-13)22-4;/h6-8H,5,9-10H2,1-4H3,(H2,17,18,19);1H. The summed E-state index contributed by atoms with van der Waals surface area (Å²) in [5.41, 5.74) is 1.96. The van der Waals surface area contributed by atoms with Crippen molar-refractivity contribution in [3.05, 3.63) is 39.5 Å². The van der Waals surface area contributed by atoms with Gasteiger partial charge in [0.1, 0.15) is 5.01 Å². The number of hydrogen-bond acceptors (Lipinski definition) is 5. The lowest BCUT2D eigenvalue weighted by Gasteiger charge is -2.10. The van der Waals surface area contributed by atoms with E-state index in [-0.39, 0.29) is 24.0 Å². The molecule has 2 aromatic heterocycles. The molecule has 132 valence electrons. The predicted molar refractivity (Wildman–Crippen MR) is 109 cm³/mol. The lowest BCUT2D eigenvalue weighted by molar-refractivity contribution is 0.396. The van der Waals surface area contributed by atoms with Crippen molar-refractivity contribution in [3.63, 3.8) is 0 Å². The fourth-order valence-electron chi connectivity index (χ4n) is 1.94. The molecule has 0 atom stereocenters. The molecule has 2 N–H and O–H groups in total. The van der Waals surface area contributed by atoms with Crippen LogP contribution in [0.5, 0.6) is 5.88 Å². The number of ether oxygens (including phenoxy) is 1. The number of rotatable bonds is 6. The molecule has 0 saturated heterocycles. The zero-order valence-electron chi connectivity index (χ0n) is 14.4. The molecule has 24 heavy (non-hydrogen) atoms. The summed E-state index contributed by atoms with van der Waals surface area (Å²) in [4.78, 5) is 14.7. The van der Waals surface area contributed by atoms with E-state index in [1.165, 1.54) is 4.88 Å². The zero-order chi connectivity index (χ0) is 16.7. The number of halogens is 1. The zero-order valence-corrected chi connectivity index (χ0v) is 17.6. The first-order valence-electron chi connectivity index (χ1n) is 7.57. The highest BCUT2D eigenvalue weighted by molar-refractivity contribution is 14.0. The average Bonchev–Trinajstić information content (AvgIpc) is 2.88. The third-order valence-corrected chi connectivity index (χ3v) is 4.29. The van der Waals surface area contributed by atoms with Crippen LogP contribution in [0, 0.1) is 13.8 Å². The number of aryl methyl sites for hydroxylation is 2. The van der Waals surface area contributed by atoms with Crippen LogP contribution in [0.2, 0.25) is 0 Å². The second kappa shape index (κ2) is 10.4. The van der Waals surface area contributed by atoms with Crippen LogP contribution in [0.4, 0.5) is 0 Å². The maximum absolute atomic E-state index is 5.13. The summed E-state index contributed by atoms with van der Waals surface area (Å²) in [5.74, 6) is 1.35. The highest BCUT2D eigenvalue weighted by atomic mass is 127. The van der Waals surface area contributed by atoms with Crippen LogP contribution in [0.3, 0.4) is 0 Å². The number of methoxy groups -OCH3 is 1. The van der Waals surface area contributed by atoms with Gasteiger partial charge in [0.2, 0.25) is 5.88 Å². The van der Waals surface area contributed by atoms with Gasteiger partial charge in [0.25, 0.3) is 0 Å². The van der Waals surface area contributed by atoms with Crippen molar-refractivity contribution in [2.75, 3.05) is 13.7 Å². The Hall–Kier alpha value is -1.42. The molecule has 2 heterocycles. The van der Waals surface area contributed by atoms with E-state index in [0.717, 1.165) is 28.9 Å². The molecular formula is C16H24IN5OS. The van der Waals surface area contributed by atoms with Gasteiger partial charge in [-0.25, -0.2) is 15.0 Å². The first-order chi connectivity index (χ1) is 11.1. The Morgan fingerprint density at radius 1 is 1.25 bits per heavy atom. The molecular weight excluding hydrogens is 437 g/mol. The van der Waals surface area contributed by atoms with Gasteiger partial charge in [-0.05, 0) is 26.8 Å². The van der Waals surface area contributed by atoms with Crippen LogP contribution < -0.4 is 15.4 Å². The van der Waals surface area contributed by atoms with Gasteiger partial charge < -0.3 is 15.4 Å². The minimum absolute atomic E-state index is 0. The molecule has 0 aliphatic heterocycles. The monoisotopic (exact) mass is 461 g/mol. The van der Waals surface area contributed by atoms with Gasteiger partial charge in [-0.1, -0.05) is 6.07 Å². The third kappa shape index (κ3) is 6.23. The molecule has 6 nitrogen and oxygen atoms in total. The molecule has 0 amide bonds. The first kappa shape index (κ1) is 20.6. The molecule has 8 heteroatoms. The van der Waals surface area contributed by atoms with Crippen LogP contribution in [-0.2, 0) is 13.1 Å². The van der Waals surface area contributed by atoms with Crippen molar-refractivity contribution in [3.8, 4) is 5.88 Å². The summed E-state index contributed by atoms with van der Waals surface area (Å²) in [7, 11) is 1.61. The quantitative estimate of drug-likeness (QED) is 0.393. The maximum Gasteiger partial charge on any atom is 0.213 e. The van der Waals surface area contributed by atoms with Gasteiger partial charge in [0, 0.05) is 17.5 Å². The molecule has 0 aliphatic rings. The maximum atomic E-state index is 5.13. The second-order valence-corrected chi connectivity index (χ2v) is 6.26. The number of hydrogen-bond donors (Lipinski definition) is 2. The largest absolute Gasteiger partial charge is 0.481 e. The van der Waals surface area contributed by atoms with Crippen molar-refractivity contribution in [1.82, 2.24) is 20.6 Å². The molecule has 0 spiro atoms. The topological polar surface area (TPSA) is 71.4 Å². The molecule has 2 rings (SSSR count). The SMILES string of the molecule is CCNC(=NCc1cccc(OC)n1)NCc1nc(C)c(C)s1.I. The van der Waals surface area contributed by atoms with E-state index in [9.17, 15) is 0 Å². The van der Waals surface area contributed by atoms with Crippen molar-refractivity contribution >= 4 is 41.3 Å². The summed E-state index contributed by atoms with van der Waals surface area (Å²) in [6.45, 7) is 8.11. The van der Waals surface area contributed by atoms with Crippen molar-refractivity contribution in [2.45, 2.75) is 33.9 Å². The van der Waals surface area contributed by atoms with E-state index in [1.807, 2.05) is 32.0 Å². The number of thiazole rings is 1. The number of nitrogens with zero attached hydrogens (tertiary/aromatic N) is 3. The summed E-state index contributed by atoms with van der Waals surface area (Å²) in [5, 5.41) is 7.59. The van der Waals surface area contributed by atoms with Crippen molar-refractivity contribution < 1.29 is 4.74 Å². The number of aliphatic imine (C=N–C) groups is 1. The Morgan fingerprint density at radius 2 is 2.04 bits per heavy atom. The van der Waals surface area contributed by atoms with E-state index < -0.39 is 0 Å². The van der Waals surface area contributed by atoms with E-state index in [2.05, 4.69) is 32.5 Å². The Labute approximate surface area is 164 Å². The number of guanidine groups is 1. The van der Waals surface area contributed by atoms with Crippen LogP contribution in [0.15, 0.2) is 23.2 Å². The third-order valence-electron chi connectivity index (χ3n) is 3.21. The van der Waals surface area contributed by atoms with E-state index >= 15 is 0 Å². The molecule has 2 aromatic rings. The van der Waals surface area contributed by atoms with Crippen molar-refractivity contribution in [1.29, 1.82) is 0 Å². The van der Waals surface area contributed by atoms with E-state index in [1.54, 1.807) is 18.4 Å². The molecule has 0 bridgehead atoms. The first-order valence-corrected chi connectivity index (χ1v) is 8.39. The van der Waals surface area contributed by atoms with Gasteiger partial charge in [-0.3, -0.25) is 0 Å². The Balaban J connectivity index is 0.00000288. The molecule has 0 aromatic carbocycles. The number of nitrogens with one attached hydrogen (secondary N) is 2. The Bertz CT molecular complexity index is 655. The van der Waals surface area contributed by atoms with Crippen LogP contribution in [-0.4, -0.2) is 29.6 Å². The normalized spacial score (nSPS) is 10.9. The minimum Gasteiger partial charge on any atom is -0.481 e. The van der Waals surface area contributed by atoms with Crippen molar-refractivity contribution in [2.24, 2.45) is 4.99 Å². The summed E-state index contributed by atoms with van der Waals surface area (Å²) >= 11 is 1.71. The fraction of sp³-hybridized carbons (Fsp3) is 0.438. The lowest BCUT2D eigenvalue weighted by atomic mass is 10.3. The van der Waals surface area contributed by atoms with Gasteiger partial charge in [-0.2, -0.15) is 0 Å². The van der Waals surface area contributed by atoms with Gasteiger partial charge in [0.15, 0.2) is 5.96 Å². The molecule has 0 unspecified atom stereocenters.